The molecule has 2 nitrogen and oxygen atoms in total. The molecule has 0 saturated heterocycles. The first-order valence-corrected chi connectivity index (χ1v) is 6.35. The number of hydrogen-bond donors (Lipinski definition) is 1. The summed E-state index contributed by atoms with van der Waals surface area (Å²) in [7, 11) is 3.88. The van der Waals surface area contributed by atoms with E-state index in [1.807, 2.05) is 0 Å². The maximum atomic E-state index is 5.17. The van der Waals surface area contributed by atoms with Crippen LogP contribution in [0.15, 0.2) is 0 Å². The Hall–Kier alpha value is -0.0800. The van der Waals surface area contributed by atoms with E-state index in [2.05, 4.69) is 26.2 Å². The number of ether oxygens (including phenoxy) is 1. The van der Waals surface area contributed by atoms with Gasteiger partial charge < -0.3 is 10.1 Å². The summed E-state index contributed by atoms with van der Waals surface area (Å²) >= 11 is 0. The summed E-state index contributed by atoms with van der Waals surface area (Å²) in [5.41, 5.74) is 0. The lowest BCUT2D eigenvalue weighted by atomic mass is 9.73. The third kappa shape index (κ3) is 3.76. The zero-order chi connectivity index (χ0) is 11.3. The molecular formula is C13H27NO. The monoisotopic (exact) mass is 213 g/mol. The van der Waals surface area contributed by atoms with Crippen LogP contribution in [0.1, 0.15) is 39.5 Å². The maximum absolute atomic E-state index is 5.17. The molecule has 0 heterocycles. The molecule has 1 N–H and O–H groups in total. The Morgan fingerprint density at radius 3 is 2.53 bits per heavy atom. The number of rotatable bonds is 5. The predicted octanol–water partition coefficient (Wildman–Crippen LogP) is 2.68. The van der Waals surface area contributed by atoms with Crippen molar-refractivity contribution in [3.63, 3.8) is 0 Å². The highest BCUT2D eigenvalue weighted by Crippen LogP contribution is 2.35. The van der Waals surface area contributed by atoms with E-state index in [0.29, 0.717) is 6.04 Å². The molecule has 90 valence electrons. The fraction of sp³-hybridized carbons (Fsp3) is 1.00. The molecule has 0 radical (unpaired) electrons. The van der Waals surface area contributed by atoms with Crippen LogP contribution in [-0.4, -0.2) is 26.8 Å². The van der Waals surface area contributed by atoms with Gasteiger partial charge in [-0.1, -0.05) is 20.3 Å². The Bertz CT molecular complexity index is 172. The van der Waals surface area contributed by atoms with Crippen molar-refractivity contribution < 1.29 is 4.74 Å². The van der Waals surface area contributed by atoms with Crippen LogP contribution in [-0.2, 0) is 4.74 Å². The van der Waals surface area contributed by atoms with Gasteiger partial charge in [0.25, 0.3) is 0 Å². The smallest absolute Gasteiger partial charge is 0.0477 e. The molecule has 0 aliphatic heterocycles. The van der Waals surface area contributed by atoms with Crippen molar-refractivity contribution >= 4 is 0 Å². The first-order valence-electron chi connectivity index (χ1n) is 6.35. The van der Waals surface area contributed by atoms with Gasteiger partial charge >= 0.3 is 0 Å². The second kappa shape index (κ2) is 6.49. The van der Waals surface area contributed by atoms with Crippen molar-refractivity contribution in [2.45, 2.75) is 45.6 Å². The quantitative estimate of drug-likeness (QED) is 0.758. The molecule has 1 saturated carbocycles. The van der Waals surface area contributed by atoms with E-state index >= 15 is 0 Å². The molecular weight excluding hydrogens is 186 g/mol. The van der Waals surface area contributed by atoms with E-state index in [4.69, 9.17) is 4.74 Å². The van der Waals surface area contributed by atoms with Gasteiger partial charge in [0.15, 0.2) is 0 Å². The summed E-state index contributed by atoms with van der Waals surface area (Å²) in [5.74, 6) is 2.67. The van der Waals surface area contributed by atoms with Crippen molar-refractivity contribution in [2.24, 2.45) is 17.8 Å². The summed E-state index contributed by atoms with van der Waals surface area (Å²) < 4.78 is 5.17. The van der Waals surface area contributed by atoms with Gasteiger partial charge in [0.2, 0.25) is 0 Å². The van der Waals surface area contributed by atoms with Gasteiger partial charge in [-0.3, -0.25) is 0 Å². The predicted molar refractivity (Wildman–Crippen MR) is 65.0 cm³/mol. The zero-order valence-corrected chi connectivity index (χ0v) is 10.8. The van der Waals surface area contributed by atoms with E-state index in [1.54, 1.807) is 7.11 Å². The largest absolute Gasteiger partial charge is 0.385 e. The average molecular weight is 213 g/mol. The van der Waals surface area contributed by atoms with Crippen molar-refractivity contribution in [2.75, 3.05) is 20.8 Å². The van der Waals surface area contributed by atoms with Gasteiger partial charge in [0, 0.05) is 19.8 Å². The van der Waals surface area contributed by atoms with E-state index in [0.717, 1.165) is 30.8 Å². The topological polar surface area (TPSA) is 21.3 Å². The molecule has 1 aliphatic rings. The molecule has 4 atom stereocenters. The first kappa shape index (κ1) is 13.0. The van der Waals surface area contributed by atoms with Crippen LogP contribution in [0.5, 0.6) is 0 Å². The summed E-state index contributed by atoms with van der Waals surface area (Å²) in [4.78, 5) is 0. The Morgan fingerprint density at radius 2 is 2.00 bits per heavy atom. The Labute approximate surface area is 94.8 Å². The molecule has 0 aromatic rings. The first-order chi connectivity index (χ1) is 7.19. The highest BCUT2D eigenvalue weighted by Gasteiger charge is 2.29. The SMILES string of the molecule is CNC(CCOC)C1CCC(C)C(C)C1. The van der Waals surface area contributed by atoms with Crippen molar-refractivity contribution in [1.82, 2.24) is 5.32 Å². The number of hydrogen-bond acceptors (Lipinski definition) is 2. The fourth-order valence-corrected chi connectivity index (χ4v) is 2.82. The Kier molecular flexibility index (Phi) is 5.62. The molecule has 0 aromatic heterocycles. The highest BCUT2D eigenvalue weighted by molar-refractivity contribution is 4.83. The van der Waals surface area contributed by atoms with Gasteiger partial charge in [-0.2, -0.15) is 0 Å². The summed E-state index contributed by atoms with van der Waals surface area (Å²) in [6.07, 6.45) is 5.33. The minimum atomic E-state index is 0.653. The maximum Gasteiger partial charge on any atom is 0.0477 e. The lowest BCUT2D eigenvalue weighted by Gasteiger charge is -2.36. The van der Waals surface area contributed by atoms with Gasteiger partial charge in [-0.05, 0) is 44.1 Å². The molecule has 0 spiro atoms. The molecule has 1 aliphatic carbocycles. The highest BCUT2D eigenvalue weighted by atomic mass is 16.5. The third-order valence-electron chi connectivity index (χ3n) is 4.21. The van der Waals surface area contributed by atoms with Crippen LogP contribution in [0.25, 0.3) is 0 Å². The molecule has 1 rings (SSSR count). The van der Waals surface area contributed by atoms with Crippen LogP contribution < -0.4 is 5.32 Å². The van der Waals surface area contributed by atoms with E-state index in [-0.39, 0.29) is 0 Å². The summed E-state index contributed by atoms with van der Waals surface area (Å²) in [6.45, 7) is 5.68. The normalized spacial score (nSPS) is 34.0. The lowest BCUT2D eigenvalue weighted by Crippen LogP contribution is -2.38. The van der Waals surface area contributed by atoms with Gasteiger partial charge in [0.05, 0.1) is 0 Å². The Balaban J connectivity index is 2.39. The molecule has 2 heteroatoms. The zero-order valence-electron chi connectivity index (χ0n) is 10.8. The van der Waals surface area contributed by atoms with Gasteiger partial charge in [0.1, 0.15) is 0 Å². The molecule has 15 heavy (non-hydrogen) atoms. The van der Waals surface area contributed by atoms with Crippen molar-refractivity contribution in [3.8, 4) is 0 Å². The van der Waals surface area contributed by atoms with Crippen LogP contribution in [0.3, 0.4) is 0 Å². The number of methoxy groups -OCH3 is 1. The standard InChI is InChI=1S/C13H27NO/c1-10-5-6-12(9-11(10)2)13(14-3)7-8-15-4/h10-14H,5-9H2,1-4H3. The fourth-order valence-electron chi connectivity index (χ4n) is 2.82. The minimum Gasteiger partial charge on any atom is -0.385 e. The number of nitrogens with one attached hydrogen (secondary N) is 1. The van der Waals surface area contributed by atoms with Gasteiger partial charge in [-0.15, -0.1) is 0 Å². The van der Waals surface area contributed by atoms with Crippen molar-refractivity contribution in [3.05, 3.63) is 0 Å². The van der Waals surface area contributed by atoms with Crippen LogP contribution in [0.2, 0.25) is 0 Å². The van der Waals surface area contributed by atoms with E-state index in [1.165, 1.54) is 19.3 Å². The second-order valence-corrected chi connectivity index (χ2v) is 5.20. The molecule has 0 bridgehead atoms. The van der Waals surface area contributed by atoms with Crippen molar-refractivity contribution in [1.29, 1.82) is 0 Å². The van der Waals surface area contributed by atoms with Crippen LogP contribution in [0, 0.1) is 17.8 Å². The summed E-state index contributed by atoms with van der Waals surface area (Å²) in [6, 6.07) is 0.653. The lowest BCUT2D eigenvalue weighted by molar-refractivity contribution is 0.135. The average Bonchev–Trinajstić information content (AvgIpc) is 2.24. The van der Waals surface area contributed by atoms with Crippen LogP contribution in [0.4, 0.5) is 0 Å². The molecule has 0 amide bonds. The molecule has 4 unspecified atom stereocenters. The van der Waals surface area contributed by atoms with Crippen LogP contribution >= 0.6 is 0 Å². The molecule has 0 aromatic carbocycles. The van der Waals surface area contributed by atoms with E-state index < -0.39 is 0 Å². The summed E-state index contributed by atoms with van der Waals surface area (Å²) in [5, 5.41) is 3.46. The van der Waals surface area contributed by atoms with E-state index in [9.17, 15) is 0 Å². The minimum absolute atomic E-state index is 0.653. The second-order valence-electron chi connectivity index (χ2n) is 5.20. The van der Waals surface area contributed by atoms with Gasteiger partial charge in [-0.25, -0.2) is 0 Å². The Morgan fingerprint density at radius 1 is 1.27 bits per heavy atom. The molecule has 1 fully saturated rings. The third-order valence-corrected chi connectivity index (χ3v) is 4.21.